The fourth-order valence-electron chi connectivity index (χ4n) is 3.56. The van der Waals surface area contributed by atoms with Crippen molar-refractivity contribution < 1.29 is 4.74 Å². The molecule has 30 heavy (non-hydrogen) atoms. The molecule has 2 heterocycles. The van der Waals surface area contributed by atoms with Gasteiger partial charge in [0.2, 0.25) is 0 Å². The number of nitrogens with zero attached hydrogens (tertiary/aromatic N) is 3. The summed E-state index contributed by atoms with van der Waals surface area (Å²) in [5.74, 6) is 0. The van der Waals surface area contributed by atoms with Gasteiger partial charge >= 0.3 is 0 Å². The van der Waals surface area contributed by atoms with Crippen LogP contribution in [0.5, 0.6) is 0 Å². The molecule has 0 N–H and O–H groups in total. The molecule has 0 amide bonds. The molecule has 0 saturated carbocycles. The molecular weight excluding hydrogens is 526 g/mol. The van der Waals surface area contributed by atoms with E-state index in [0.717, 1.165) is 60.8 Å². The van der Waals surface area contributed by atoms with Gasteiger partial charge in [-0.25, -0.2) is 4.99 Å². The Bertz CT molecular complexity index is 1010. The van der Waals surface area contributed by atoms with Gasteiger partial charge in [0.1, 0.15) is 0 Å². The Kier molecular flexibility index (Phi) is 8.89. The molecule has 0 bridgehead atoms. The minimum atomic E-state index is 0. The maximum absolute atomic E-state index is 5.47. The van der Waals surface area contributed by atoms with Gasteiger partial charge in [-0.3, -0.25) is 4.90 Å². The van der Waals surface area contributed by atoms with Crippen LogP contribution in [0.15, 0.2) is 63.4 Å². The third-order valence-corrected chi connectivity index (χ3v) is 6.62. The summed E-state index contributed by atoms with van der Waals surface area (Å²) in [5.41, 5.74) is 4.70. The average molecular weight is 553 g/mol. The van der Waals surface area contributed by atoms with Crippen LogP contribution >= 0.6 is 44.2 Å². The molecule has 0 unspecified atom stereocenters. The van der Waals surface area contributed by atoms with Crippen molar-refractivity contribution in [2.24, 2.45) is 4.99 Å². The van der Waals surface area contributed by atoms with Crippen LogP contribution in [0, 0.1) is 6.92 Å². The van der Waals surface area contributed by atoms with Gasteiger partial charge < -0.3 is 9.30 Å². The Morgan fingerprint density at radius 2 is 1.77 bits per heavy atom. The van der Waals surface area contributed by atoms with Gasteiger partial charge in [-0.05, 0) is 42.7 Å². The van der Waals surface area contributed by atoms with E-state index in [1.54, 1.807) is 11.3 Å². The topological polar surface area (TPSA) is 29.8 Å². The van der Waals surface area contributed by atoms with E-state index in [1.807, 2.05) is 0 Å². The highest BCUT2D eigenvalue weighted by atomic mass is 79.9. The van der Waals surface area contributed by atoms with Crippen LogP contribution in [0.1, 0.15) is 12.0 Å². The lowest BCUT2D eigenvalue weighted by Crippen LogP contribution is -2.37. The van der Waals surface area contributed by atoms with Crippen LogP contribution in [0.2, 0.25) is 0 Å². The Balaban J connectivity index is 0.00000256. The highest BCUT2D eigenvalue weighted by Gasteiger charge is 2.12. The summed E-state index contributed by atoms with van der Waals surface area (Å²) in [6.07, 6.45) is 1.10. The molecule has 0 spiro atoms. The molecule has 3 aromatic rings. The molecule has 1 aliphatic heterocycles. The smallest absolute Gasteiger partial charge is 0.190 e. The van der Waals surface area contributed by atoms with Crippen LogP contribution < -0.4 is 4.80 Å². The minimum absolute atomic E-state index is 0. The second kappa shape index (κ2) is 11.4. The lowest BCUT2D eigenvalue weighted by Gasteiger charge is -2.26. The van der Waals surface area contributed by atoms with Crippen molar-refractivity contribution in [3.63, 3.8) is 0 Å². The number of para-hydroxylation sites is 1. The van der Waals surface area contributed by atoms with E-state index in [9.17, 15) is 0 Å². The number of benzene rings is 2. The minimum Gasteiger partial charge on any atom is -0.379 e. The quantitative estimate of drug-likeness (QED) is 0.385. The number of halogens is 2. The standard InChI is InChI=1S/C23H26BrN3OS.BrH/c1-18-5-2-3-6-21(18)25-23-27(12-4-11-26-13-15-28-16-14-26)22(17-29-23)19-7-9-20(24)10-8-19;/h2-3,5-10,17H,4,11-16H2,1H3;1H. The SMILES string of the molecule is Br.Cc1ccccc1N=c1scc(-c2ccc(Br)cc2)n1CCCN1CCOCC1. The average Bonchev–Trinajstić information content (AvgIpc) is 3.13. The highest BCUT2D eigenvalue weighted by molar-refractivity contribution is 9.10. The zero-order chi connectivity index (χ0) is 20.1. The predicted molar refractivity (Wildman–Crippen MR) is 134 cm³/mol. The summed E-state index contributed by atoms with van der Waals surface area (Å²) in [4.78, 5) is 8.56. The summed E-state index contributed by atoms with van der Waals surface area (Å²) >= 11 is 5.26. The summed E-state index contributed by atoms with van der Waals surface area (Å²) in [6.45, 7) is 7.94. The van der Waals surface area contributed by atoms with Gasteiger partial charge in [0.05, 0.1) is 24.6 Å². The lowest BCUT2D eigenvalue weighted by atomic mass is 10.2. The van der Waals surface area contributed by atoms with Gasteiger partial charge in [0.25, 0.3) is 0 Å². The van der Waals surface area contributed by atoms with Gasteiger partial charge in [0.15, 0.2) is 4.80 Å². The Morgan fingerprint density at radius 3 is 2.50 bits per heavy atom. The molecule has 4 nitrogen and oxygen atoms in total. The zero-order valence-corrected chi connectivity index (χ0v) is 21.2. The normalized spacial score (nSPS) is 15.2. The molecule has 2 aromatic carbocycles. The first-order valence-corrected chi connectivity index (χ1v) is 11.7. The second-order valence-corrected chi connectivity index (χ2v) is 9.02. The molecule has 0 aliphatic carbocycles. The first-order chi connectivity index (χ1) is 14.2. The fraction of sp³-hybridized carbons (Fsp3) is 0.348. The summed E-state index contributed by atoms with van der Waals surface area (Å²) in [6, 6.07) is 16.9. The molecule has 1 aromatic heterocycles. The molecule has 160 valence electrons. The monoisotopic (exact) mass is 551 g/mol. The van der Waals surface area contributed by atoms with Crippen LogP contribution in [0.25, 0.3) is 11.3 Å². The van der Waals surface area contributed by atoms with Crippen LogP contribution in [0.3, 0.4) is 0 Å². The van der Waals surface area contributed by atoms with E-state index in [1.165, 1.54) is 16.8 Å². The largest absolute Gasteiger partial charge is 0.379 e. The van der Waals surface area contributed by atoms with Crippen LogP contribution in [0.4, 0.5) is 5.69 Å². The van der Waals surface area contributed by atoms with Gasteiger partial charge in [0, 0.05) is 36.0 Å². The van der Waals surface area contributed by atoms with Crippen LogP contribution in [-0.2, 0) is 11.3 Å². The Labute approximate surface area is 201 Å². The van der Waals surface area contributed by atoms with E-state index in [0.29, 0.717) is 0 Å². The van der Waals surface area contributed by atoms with Gasteiger partial charge in [-0.1, -0.05) is 46.3 Å². The molecule has 0 atom stereocenters. The van der Waals surface area contributed by atoms with Crippen molar-refractivity contribution in [1.82, 2.24) is 9.47 Å². The van der Waals surface area contributed by atoms with Crippen molar-refractivity contribution in [3.05, 3.63) is 68.7 Å². The molecule has 1 fully saturated rings. The van der Waals surface area contributed by atoms with Crippen LogP contribution in [-0.4, -0.2) is 42.3 Å². The zero-order valence-electron chi connectivity index (χ0n) is 17.1. The van der Waals surface area contributed by atoms with Crippen molar-refractivity contribution in [2.45, 2.75) is 19.9 Å². The molecule has 1 saturated heterocycles. The van der Waals surface area contributed by atoms with E-state index in [2.05, 4.69) is 86.2 Å². The first-order valence-electron chi connectivity index (χ1n) is 10.1. The maximum atomic E-state index is 5.47. The maximum Gasteiger partial charge on any atom is 0.190 e. The number of aryl methyl sites for hydroxylation is 1. The third-order valence-electron chi connectivity index (χ3n) is 5.23. The van der Waals surface area contributed by atoms with E-state index >= 15 is 0 Å². The fourth-order valence-corrected chi connectivity index (χ4v) is 4.77. The molecular formula is C23H27Br2N3OS. The summed E-state index contributed by atoms with van der Waals surface area (Å²) in [5, 5.41) is 2.23. The predicted octanol–water partition coefficient (Wildman–Crippen LogP) is 5.82. The lowest BCUT2D eigenvalue weighted by molar-refractivity contribution is 0.0369. The number of morpholine rings is 1. The third kappa shape index (κ3) is 5.92. The summed E-state index contributed by atoms with van der Waals surface area (Å²) in [7, 11) is 0. The van der Waals surface area contributed by atoms with Gasteiger partial charge in [-0.2, -0.15) is 0 Å². The van der Waals surface area contributed by atoms with Crippen molar-refractivity contribution in [1.29, 1.82) is 0 Å². The summed E-state index contributed by atoms with van der Waals surface area (Å²) < 4.78 is 8.94. The Hall–Kier alpha value is -1.25. The molecule has 7 heteroatoms. The second-order valence-electron chi connectivity index (χ2n) is 7.27. The van der Waals surface area contributed by atoms with Crippen molar-refractivity contribution >= 4 is 49.9 Å². The number of aromatic nitrogens is 1. The van der Waals surface area contributed by atoms with Crippen molar-refractivity contribution in [2.75, 3.05) is 32.8 Å². The highest BCUT2D eigenvalue weighted by Crippen LogP contribution is 2.24. The first kappa shape index (κ1) is 23.4. The Morgan fingerprint density at radius 1 is 1.03 bits per heavy atom. The number of ether oxygens (including phenoxy) is 1. The molecule has 0 radical (unpaired) electrons. The van der Waals surface area contributed by atoms with E-state index in [-0.39, 0.29) is 17.0 Å². The number of thiazole rings is 1. The number of hydrogen-bond acceptors (Lipinski definition) is 4. The van der Waals surface area contributed by atoms with E-state index in [4.69, 9.17) is 9.73 Å². The number of hydrogen-bond donors (Lipinski definition) is 0. The van der Waals surface area contributed by atoms with Gasteiger partial charge in [-0.15, -0.1) is 28.3 Å². The molecule has 4 rings (SSSR count). The molecule has 1 aliphatic rings. The number of rotatable bonds is 6. The van der Waals surface area contributed by atoms with Crippen molar-refractivity contribution in [3.8, 4) is 11.3 Å². The van der Waals surface area contributed by atoms with E-state index < -0.39 is 0 Å².